The van der Waals surface area contributed by atoms with E-state index in [2.05, 4.69) is 22.0 Å². The second kappa shape index (κ2) is 7.94. The summed E-state index contributed by atoms with van der Waals surface area (Å²) >= 11 is 0. The Morgan fingerprint density at radius 2 is 1.81 bits per heavy atom. The van der Waals surface area contributed by atoms with Gasteiger partial charge in [0.1, 0.15) is 0 Å². The molecule has 0 spiro atoms. The molecule has 122 valence electrons. The minimum atomic E-state index is 0.774. The monoisotopic (exact) mass is 293 g/mol. The molecule has 2 aliphatic heterocycles. The molecule has 3 heteroatoms. The molecule has 0 radical (unpaired) electrons. The third-order valence-corrected chi connectivity index (χ3v) is 5.70. The molecule has 3 aliphatic rings. The number of nitrogens with zero attached hydrogens (tertiary/aromatic N) is 2. The second-order valence-corrected chi connectivity index (χ2v) is 7.63. The summed E-state index contributed by atoms with van der Waals surface area (Å²) in [6.07, 6.45) is 12.8. The maximum atomic E-state index is 3.62. The summed E-state index contributed by atoms with van der Waals surface area (Å²) in [5.41, 5.74) is 0. The van der Waals surface area contributed by atoms with Crippen LogP contribution in [0.25, 0.3) is 0 Å². The highest BCUT2D eigenvalue weighted by molar-refractivity contribution is 4.89. The molecular weight excluding hydrogens is 258 g/mol. The summed E-state index contributed by atoms with van der Waals surface area (Å²) < 4.78 is 0. The van der Waals surface area contributed by atoms with Crippen LogP contribution in [0.2, 0.25) is 0 Å². The number of piperazine rings is 1. The van der Waals surface area contributed by atoms with Crippen molar-refractivity contribution in [2.24, 2.45) is 0 Å². The number of unbranched alkanes of at least 4 members (excludes halogenated alkanes) is 3. The highest BCUT2D eigenvalue weighted by atomic mass is 15.3. The van der Waals surface area contributed by atoms with E-state index in [1.54, 1.807) is 0 Å². The van der Waals surface area contributed by atoms with Crippen LogP contribution in [0.4, 0.5) is 0 Å². The normalized spacial score (nSPS) is 31.3. The fourth-order valence-electron chi connectivity index (χ4n) is 4.11. The Balaban J connectivity index is 1.25. The van der Waals surface area contributed by atoms with Crippen LogP contribution in [-0.4, -0.2) is 60.6 Å². The van der Waals surface area contributed by atoms with E-state index in [-0.39, 0.29) is 0 Å². The van der Waals surface area contributed by atoms with Gasteiger partial charge in [-0.05, 0) is 65.1 Å². The lowest BCUT2D eigenvalue weighted by molar-refractivity contribution is 0.0146. The van der Waals surface area contributed by atoms with Crippen molar-refractivity contribution in [3.05, 3.63) is 0 Å². The molecule has 21 heavy (non-hydrogen) atoms. The van der Waals surface area contributed by atoms with Crippen molar-refractivity contribution in [1.29, 1.82) is 0 Å². The zero-order chi connectivity index (χ0) is 14.5. The fraction of sp³-hybridized carbons (Fsp3) is 1.00. The molecule has 1 saturated carbocycles. The molecule has 1 N–H and O–H groups in total. The highest BCUT2D eigenvalue weighted by Gasteiger charge is 2.32. The molecule has 0 aromatic heterocycles. The molecule has 0 aromatic rings. The third kappa shape index (κ3) is 4.94. The van der Waals surface area contributed by atoms with E-state index >= 15 is 0 Å². The third-order valence-electron chi connectivity index (χ3n) is 5.70. The Labute approximate surface area is 131 Å². The van der Waals surface area contributed by atoms with Crippen molar-refractivity contribution in [3.63, 3.8) is 0 Å². The van der Waals surface area contributed by atoms with E-state index in [9.17, 15) is 0 Å². The molecule has 2 saturated heterocycles. The fourth-order valence-corrected chi connectivity index (χ4v) is 4.11. The smallest absolute Gasteiger partial charge is 0.0223 e. The van der Waals surface area contributed by atoms with Crippen molar-refractivity contribution in [1.82, 2.24) is 15.1 Å². The van der Waals surface area contributed by atoms with Gasteiger partial charge in [-0.3, -0.25) is 9.80 Å². The van der Waals surface area contributed by atoms with Gasteiger partial charge in [0, 0.05) is 31.2 Å². The minimum absolute atomic E-state index is 0.774. The zero-order valence-electron chi connectivity index (χ0n) is 14.0. The quantitative estimate of drug-likeness (QED) is 0.694. The van der Waals surface area contributed by atoms with Gasteiger partial charge in [0.25, 0.3) is 0 Å². The Hall–Kier alpha value is -0.120. The Morgan fingerprint density at radius 1 is 0.952 bits per heavy atom. The molecule has 3 nitrogen and oxygen atoms in total. The first-order chi connectivity index (χ1) is 10.3. The topological polar surface area (TPSA) is 18.5 Å². The van der Waals surface area contributed by atoms with Gasteiger partial charge < -0.3 is 5.32 Å². The summed E-state index contributed by atoms with van der Waals surface area (Å²) in [4.78, 5) is 5.53. The molecule has 3 rings (SSSR count). The van der Waals surface area contributed by atoms with Gasteiger partial charge in [0.05, 0.1) is 0 Å². The van der Waals surface area contributed by atoms with Crippen LogP contribution in [0.15, 0.2) is 0 Å². The average molecular weight is 293 g/mol. The van der Waals surface area contributed by atoms with Crippen molar-refractivity contribution < 1.29 is 0 Å². The maximum absolute atomic E-state index is 3.62. The van der Waals surface area contributed by atoms with E-state index in [0.29, 0.717) is 0 Å². The predicted molar refractivity (Wildman–Crippen MR) is 89.7 cm³/mol. The molecular formula is C18H35N3. The van der Waals surface area contributed by atoms with Crippen molar-refractivity contribution in [2.45, 2.75) is 82.8 Å². The number of hydrogen-bond acceptors (Lipinski definition) is 3. The van der Waals surface area contributed by atoms with Gasteiger partial charge in [-0.15, -0.1) is 0 Å². The molecule has 2 atom stereocenters. The summed E-state index contributed by atoms with van der Waals surface area (Å²) in [6.45, 7) is 9.03. The summed E-state index contributed by atoms with van der Waals surface area (Å²) in [6, 6.07) is 2.53. The van der Waals surface area contributed by atoms with Crippen LogP contribution in [0, 0.1) is 0 Å². The molecule has 0 amide bonds. The number of hydrogen-bond donors (Lipinski definition) is 1. The maximum Gasteiger partial charge on any atom is 0.0223 e. The van der Waals surface area contributed by atoms with Gasteiger partial charge in [0.15, 0.2) is 0 Å². The van der Waals surface area contributed by atoms with Crippen LogP contribution in [0.5, 0.6) is 0 Å². The van der Waals surface area contributed by atoms with Crippen LogP contribution >= 0.6 is 0 Å². The molecule has 0 aromatic carbocycles. The van der Waals surface area contributed by atoms with E-state index < -0.39 is 0 Å². The first-order valence-corrected chi connectivity index (χ1v) is 9.54. The lowest BCUT2D eigenvalue weighted by Gasteiger charge is -2.47. The van der Waals surface area contributed by atoms with Gasteiger partial charge in [0.2, 0.25) is 0 Å². The Morgan fingerprint density at radius 3 is 2.67 bits per heavy atom. The molecule has 2 heterocycles. The summed E-state index contributed by atoms with van der Waals surface area (Å²) in [5.74, 6) is 0. The van der Waals surface area contributed by atoms with Crippen molar-refractivity contribution >= 4 is 0 Å². The van der Waals surface area contributed by atoms with Gasteiger partial charge in [-0.25, -0.2) is 0 Å². The van der Waals surface area contributed by atoms with Crippen LogP contribution in [0.3, 0.4) is 0 Å². The van der Waals surface area contributed by atoms with Crippen molar-refractivity contribution in [3.8, 4) is 0 Å². The van der Waals surface area contributed by atoms with Gasteiger partial charge >= 0.3 is 0 Å². The van der Waals surface area contributed by atoms with Crippen LogP contribution in [0.1, 0.15) is 64.7 Å². The van der Waals surface area contributed by atoms with Gasteiger partial charge in [-0.1, -0.05) is 19.3 Å². The Bertz CT molecular complexity index is 303. The second-order valence-electron chi connectivity index (χ2n) is 7.63. The SMILES string of the molecule is CC1CN2CCCCC2CN1CCCCCCNC1CC1. The minimum Gasteiger partial charge on any atom is -0.314 e. The van der Waals surface area contributed by atoms with E-state index in [4.69, 9.17) is 0 Å². The molecule has 3 fully saturated rings. The number of piperidine rings is 1. The molecule has 1 aliphatic carbocycles. The largest absolute Gasteiger partial charge is 0.314 e. The number of fused-ring (bicyclic) bond motifs is 1. The number of nitrogens with one attached hydrogen (secondary N) is 1. The van der Waals surface area contributed by atoms with Gasteiger partial charge in [-0.2, -0.15) is 0 Å². The standard InChI is InChI=1S/C18H35N3/c1-16-14-21-13-7-4-8-18(21)15-20(16)12-6-3-2-5-11-19-17-9-10-17/h16-19H,2-15H2,1H3. The zero-order valence-corrected chi connectivity index (χ0v) is 14.0. The van der Waals surface area contributed by atoms with Crippen molar-refractivity contribution in [2.75, 3.05) is 32.7 Å². The first kappa shape index (κ1) is 15.8. The van der Waals surface area contributed by atoms with E-state index in [1.165, 1.54) is 90.5 Å². The lowest BCUT2D eigenvalue weighted by Crippen LogP contribution is -2.58. The van der Waals surface area contributed by atoms with Crippen LogP contribution < -0.4 is 5.32 Å². The number of rotatable bonds is 8. The molecule has 0 bridgehead atoms. The summed E-state index contributed by atoms with van der Waals surface area (Å²) in [7, 11) is 0. The average Bonchev–Trinajstić information content (AvgIpc) is 3.31. The van der Waals surface area contributed by atoms with E-state index in [1.807, 2.05) is 0 Å². The van der Waals surface area contributed by atoms with Crippen LogP contribution in [-0.2, 0) is 0 Å². The lowest BCUT2D eigenvalue weighted by atomic mass is 9.97. The Kier molecular flexibility index (Phi) is 5.96. The highest BCUT2D eigenvalue weighted by Crippen LogP contribution is 2.24. The molecule has 2 unspecified atom stereocenters. The first-order valence-electron chi connectivity index (χ1n) is 9.54. The predicted octanol–water partition coefficient (Wildman–Crippen LogP) is 2.86. The summed E-state index contributed by atoms with van der Waals surface area (Å²) in [5, 5.41) is 3.62. The van der Waals surface area contributed by atoms with E-state index in [0.717, 1.165) is 18.1 Å².